The fraction of sp³-hybridized carbons (Fsp3) is 0.200. The molecule has 29 heavy (non-hydrogen) atoms. The molecule has 1 aromatic carbocycles. The molecule has 3 aromatic heterocycles. The monoisotopic (exact) mass is 409 g/mol. The lowest BCUT2D eigenvalue weighted by atomic mass is 10.2. The summed E-state index contributed by atoms with van der Waals surface area (Å²) < 4.78 is 12.4. The van der Waals surface area contributed by atoms with Gasteiger partial charge in [0, 0.05) is 6.07 Å². The number of aromatic nitrogens is 4. The number of thioether (sulfide) groups is 1. The summed E-state index contributed by atoms with van der Waals surface area (Å²) in [7, 11) is 0. The van der Waals surface area contributed by atoms with Gasteiger partial charge in [-0.15, -0.1) is 10.2 Å². The number of nitrogens with zero attached hydrogens (tertiary/aromatic N) is 4. The van der Waals surface area contributed by atoms with E-state index in [9.17, 15) is 4.79 Å². The quantitative estimate of drug-likeness (QED) is 0.461. The fourth-order valence-electron chi connectivity index (χ4n) is 2.74. The predicted octanol–water partition coefficient (Wildman–Crippen LogP) is 4.00. The number of rotatable bonds is 7. The van der Waals surface area contributed by atoms with Crippen molar-refractivity contribution in [3.05, 3.63) is 66.1 Å². The van der Waals surface area contributed by atoms with Crippen molar-refractivity contribution >= 4 is 23.5 Å². The van der Waals surface area contributed by atoms with E-state index < -0.39 is 5.25 Å². The van der Waals surface area contributed by atoms with Crippen LogP contribution in [0.4, 0.5) is 5.82 Å². The highest BCUT2D eigenvalue weighted by Gasteiger charge is 2.22. The van der Waals surface area contributed by atoms with E-state index in [1.807, 2.05) is 41.0 Å². The minimum atomic E-state index is -0.421. The highest BCUT2D eigenvalue weighted by Crippen LogP contribution is 2.28. The Kier molecular flexibility index (Phi) is 5.48. The molecule has 0 aliphatic heterocycles. The summed E-state index contributed by atoms with van der Waals surface area (Å²) >= 11 is 1.32. The lowest BCUT2D eigenvalue weighted by Gasteiger charge is -2.12. The van der Waals surface area contributed by atoms with Crippen molar-refractivity contribution in [2.45, 2.75) is 30.8 Å². The maximum atomic E-state index is 12.5. The van der Waals surface area contributed by atoms with E-state index in [0.717, 1.165) is 5.56 Å². The van der Waals surface area contributed by atoms with E-state index in [4.69, 9.17) is 8.94 Å². The van der Waals surface area contributed by atoms with E-state index in [2.05, 4.69) is 20.7 Å². The van der Waals surface area contributed by atoms with Crippen LogP contribution in [0.2, 0.25) is 0 Å². The maximum absolute atomic E-state index is 12.5. The Morgan fingerprint density at radius 2 is 2.03 bits per heavy atom. The zero-order valence-corrected chi connectivity index (χ0v) is 16.7. The van der Waals surface area contributed by atoms with Crippen molar-refractivity contribution in [1.29, 1.82) is 0 Å². The molecule has 0 radical (unpaired) electrons. The summed E-state index contributed by atoms with van der Waals surface area (Å²) in [6, 6.07) is 15.3. The van der Waals surface area contributed by atoms with Crippen LogP contribution in [0.25, 0.3) is 11.6 Å². The smallest absolute Gasteiger partial charge is 0.238 e. The van der Waals surface area contributed by atoms with Crippen molar-refractivity contribution in [2.75, 3.05) is 5.32 Å². The van der Waals surface area contributed by atoms with Crippen LogP contribution in [0.1, 0.15) is 18.2 Å². The minimum Gasteiger partial charge on any atom is -0.461 e. The first-order valence-corrected chi connectivity index (χ1v) is 9.90. The van der Waals surface area contributed by atoms with Crippen LogP contribution in [0.3, 0.4) is 0 Å². The average molecular weight is 409 g/mol. The van der Waals surface area contributed by atoms with Gasteiger partial charge in [-0.3, -0.25) is 9.36 Å². The van der Waals surface area contributed by atoms with Crippen molar-refractivity contribution in [1.82, 2.24) is 19.9 Å². The van der Waals surface area contributed by atoms with Crippen LogP contribution in [0.15, 0.2) is 68.9 Å². The molecule has 0 spiro atoms. The average Bonchev–Trinajstić information content (AvgIpc) is 3.45. The van der Waals surface area contributed by atoms with Crippen LogP contribution in [-0.4, -0.2) is 31.1 Å². The maximum Gasteiger partial charge on any atom is 0.238 e. The van der Waals surface area contributed by atoms with Crippen molar-refractivity contribution in [2.24, 2.45) is 0 Å². The third-order valence-electron chi connectivity index (χ3n) is 4.17. The number of aryl methyl sites for hydroxylation is 1. The second kappa shape index (κ2) is 8.36. The van der Waals surface area contributed by atoms with Gasteiger partial charge in [-0.25, -0.2) is 0 Å². The number of carbonyl (C=O) groups excluding carboxylic acids is 1. The number of benzene rings is 1. The van der Waals surface area contributed by atoms with Gasteiger partial charge < -0.3 is 14.3 Å². The third kappa shape index (κ3) is 4.40. The van der Waals surface area contributed by atoms with Gasteiger partial charge in [-0.1, -0.05) is 47.3 Å². The molecule has 0 unspecified atom stereocenters. The molecule has 4 rings (SSSR count). The number of carbonyl (C=O) groups is 1. The van der Waals surface area contributed by atoms with Crippen molar-refractivity contribution in [3.8, 4) is 11.6 Å². The molecule has 0 fully saturated rings. The van der Waals surface area contributed by atoms with E-state index in [1.54, 1.807) is 32.2 Å². The number of anilines is 1. The number of hydrogen-bond acceptors (Lipinski definition) is 7. The molecular weight excluding hydrogens is 390 g/mol. The van der Waals surface area contributed by atoms with Gasteiger partial charge in [0.25, 0.3) is 0 Å². The number of furan rings is 1. The van der Waals surface area contributed by atoms with Gasteiger partial charge in [-0.2, -0.15) is 0 Å². The fourth-order valence-corrected chi connectivity index (χ4v) is 3.59. The first kappa shape index (κ1) is 19.0. The van der Waals surface area contributed by atoms with Crippen LogP contribution >= 0.6 is 11.8 Å². The summed E-state index contributed by atoms with van der Waals surface area (Å²) in [6.07, 6.45) is 1.60. The molecule has 1 amide bonds. The van der Waals surface area contributed by atoms with Crippen LogP contribution in [0.5, 0.6) is 0 Å². The standard InChI is InChI=1S/C20H19N5O3S/c1-13-11-17(24-28-13)21-19(26)14(2)29-20-23-22-18(16-9-6-10-27-16)25(20)12-15-7-4-3-5-8-15/h3-11,14H,12H2,1-2H3,(H,21,24,26)/t14-/m0/s1. The van der Waals surface area contributed by atoms with E-state index in [0.29, 0.717) is 34.9 Å². The van der Waals surface area contributed by atoms with E-state index in [-0.39, 0.29) is 5.91 Å². The highest BCUT2D eigenvalue weighted by atomic mass is 32.2. The zero-order valence-electron chi connectivity index (χ0n) is 15.9. The lowest BCUT2D eigenvalue weighted by molar-refractivity contribution is -0.115. The second-order valence-electron chi connectivity index (χ2n) is 6.43. The molecule has 148 valence electrons. The van der Waals surface area contributed by atoms with Gasteiger partial charge in [0.2, 0.25) is 11.7 Å². The Balaban J connectivity index is 1.57. The van der Waals surface area contributed by atoms with Gasteiger partial charge in [0.05, 0.1) is 18.1 Å². The normalized spacial score (nSPS) is 12.1. The Labute approximate surface area is 171 Å². The first-order valence-electron chi connectivity index (χ1n) is 9.02. The largest absolute Gasteiger partial charge is 0.461 e. The third-order valence-corrected chi connectivity index (χ3v) is 5.25. The molecule has 8 nitrogen and oxygen atoms in total. The summed E-state index contributed by atoms with van der Waals surface area (Å²) in [6.45, 7) is 4.13. The first-order chi connectivity index (χ1) is 14.1. The van der Waals surface area contributed by atoms with Crippen molar-refractivity contribution < 1.29 is 13.7 Å². The molecule has 3 heterocycles. The zero-order chi connectivity index (χ0) is 20.2. The molecule has 1 atom stereocenters. The van der Waals surface area contributed by atoms with Gasteiger partial charge in [0.1, 0.15) is 5.76 Å². The second-order valence-corrected chi connectivity index (χ2v) is 7.74. The Bertz CT molecular complexity index is 1090. The topological polar surface area (TPSA) is 99.0 Å². The van der Waals surface area contributed by atoms with Crippen molar-refractivity contribution in [3.63, 3.8) is 0 Å². The summed E-state index contributed by atoms with van der Waals surface area (Å²) in [5, 5.41) is 15.3. The molecular formula is C20H19N5O3S. The molecule has 9 heteroatoms. The number of nitrogens with one attached hydrogen (secondary N) is 1. The molecule has 1 N–H and O–H groups in total. The SMILES string of the molecule is Cc1cc(NC(=O)[C@H](C)Sc2nnc(-c3ccco3)n2Cc2ccccc2)no1. The highest BCUT2D eigenvalue weighted by molar-refractivity contribution is 8.00. The Morgan fingerprint density at radius 3 is 2.72 bits per heavy atom. The summed E-state index contributed by atoms with van der Waals surface area (Å²) in [4.78, 5) is 12.5. The lowest BCUT2D eigenvalue weighted by Crippen LogP contribution is -2.23. The minimum absolute atomic E-state index is 0.197. The van der Waals surface area contributed by atoms with Crippen LogP contribution < -0.4 is 5.32 Å². The Morgan fingerprint density at radius 1 is 1.21 bits per heavy atom. The molecule has 0 saturated heterocycles. The number of amides is 1. The molecule has 0 saturated carbocycles. The van der Waals surface area contributed by atoms with E-state index in [1.165, 1.54) is 11.8 Å². The van der Waals surface area contributed by atoms with Gasteiger partial charge >= 0.3 is 0 Å². The predicted molar refractivity (Wildman–Crippen MR) is 108 cm³/mol. The van der Waals surface area contributed by atoms with Gasteiger partial charge in [-0.05, 0) is 31.5 Å². The van der Waals surface area contributed by atoms with Gasteiger partial charge in [0.15, 0.2) is 16.7 Å². The van der Waals surface area contributed by atoms with Crippen LogP contribution in [0, 0.1) is 6.92 Å². The molecule has 0 bridgehead atoms. The summed E-state index contributed by atoms with van der Waals surface area (Å²) in [5.74, 6) is 2.06. The molecule has 0 aliphatic rings. The molecule has 4 aromatic rings. The summed E-state index contributed by atoms with van der Waals surface area (Å²) in [5.41, 5.74) is 1.09. The van der Waals surface area contributed by atoms with Crippen LogP contribution in [-0.2, 0) is 11.3 Å². The Hall–Kier alpha value is -3.33. The number of hydrogen-bond donors (Lipinski definition) is 1. The van der Waals surface area contributed by atoms with E-state index >= 15 is 0 Å². The molecule has 0 aliphatic carbocycles.